The van der Waals surface area contributed by atoms with E-state index in [4.69, 9.17) is 5.73 Å². The fourth-order valence-electron chi connectivity index (χ4n) is 5.62. The number of allylic oxidation sites excluding steroid dienone is 2. The average molecular weight is 536 g/mol. The Morgan fingerprint density at radius 2 is 1.76 bits per heavy atom. The van der Waals surface area contributed by atoms with Crippen LogP contribution >= 0.6 is 0 Å². The molecule has 3 rings (SSSR count). The Morgan fingerprint density at radius 3 is 2.24 bits per heavy atom. The summed E-state index contributed by atoms with van der Waals surface area (Å²) in [4.78, 5) is 17.1. The Balaban J connectivity index is 2.12. The number of benzene rings is 1. The Labute approximate surface area is 222 Å². The van der Waals surface area contributed by atoms with Gasteiger partial charge in [-0.3, -0.25) is 19.5 Å². The lowest BCUT2D eigenvalue weighted by atomic mass is 9.78. The number of hydrogen-bond acceptors (Lipinski definition) is 5. The van der Waals surface area contributed by atoms with Crippen LogP contribution in [0, 0.1) is 17.2 Å². The third-order valence-corrected chi connectivity index (χ3v) is 7.40. The molecule has 0 saturated carbocycles. The molecule has 1 aromatic carbocycles. The van der Waals surface area contributed by atoms with Gasteiger partial charge in [0.2, 0.25) is 5.91 Å². The van der Waals surface area contributed by atoms with Gasteiger partial charge in [-0.15, -0.1) is 0 Å². The number of hydrogen-bond donors (Lipinski definition) is 1. The summed E-state index contributed by atoms with van der Waals surface area (Å²) in [6, 6.07) is 7.81. The molecule has 0 radical (unpaired) electrons. The van der Waals surface area contributed by atoms with E-state index in [0.717, 1.165) is 10.5 Å². The van der Waals surface area contributed by atoms with Gasteiger partial charge >= 0.3 is 6.18 Å². The summed E-state index contributed by atoms with van der Waals surface area (Å²) in [6.07, 6.45) is 1.95. The standard InChI is InChI=1S/C28H37F4N5O/c1-21(2)20-24(25(34)38)37(15-13-33)26(28(30,31)32)27(36-18-16-35(14-12-29)17-19-36)10-8-23(9-11-27)22-6-4-3-5-7-22/h3-11,21,23-24,26H,12,14-20H2,1-2H3,(H2,34,38)/t23?,24-,26?,27?/m0/s1. The first-order chi connectivity index (χ1) is 18.0. The number of primary amides is 1. The number of nitrogens with two attached hydrogens (primary N) is 1. The van der Waals surface area contributed by atoms with Crippen molar-refractivity contribution in [2.24, 2.45) is 11.7 Å². The van der Waals surface area contributed by atoms with Crippen LogP contribution in [-0.2, 0) is 4.79 Å². The molecule has 0 aromatic heterocycles. The second-order valence-corrected chi connectivity index (χ2v) is 10.4. The lowest BCUT2D eigenvalue weighted by Crippen LogP contribution is -2.71. The van der Waals surface area contributed by atoms with Crippen LogP contribution in [0.1, 0.15) is 31.7 Å². The monoisotopic (exact) mass is 535 g/mol. The lowest BCUT2D eigenvalue weighted by Gasteiger charge is -2.53. The first kappa shape index (κ1) is 29.8. The number of alkyl halides is 4. The molecule has 10 heteroatoms. The first-order valence-electron chi connectivity index (χ1n) is 13.0. The van der Waals surface area contributed by atoms with Crippen molar-refractivity contribution in [2.45, 2.75) is 50.0 Å². The highest BCUT2D eigenvalue weighted by Crippen LogP contribution is 2.43. The SMILES string of the molecule is CC(C)C[C@@H](C(N)=O)N(CC#N)C(C(F)(F)F)C1(N2CCN(CCF)CC2)C=CC(c2ccccc2)C=C1. The molecular formula is C28H37F4N5O. The molecule has 6 nitrogen and oxygen atoms in total. The van der Waals surface area contributed by atoms with Crippen LogP contribution in [0.25, 0.3) is 0 Å². The van der Waals surface area contributed by atoms with E-state index in [0.29, 0.717) is 13.1 Å². The van der Waals surface area contributed by atoms with Crippen LogP contribution < -0.4 is 5.73 Å². The van der Waals surface area contributed by atoms with E-state index < -0.39 is 42.9 Å². The van der Waals surface area contributed by atoms with Gasteiger partial charge in [0.05, 0.1) is 24.2 Å². The number of amides is 1. The Hall–Kier alpha value is -2.74. The Kier molecular flexibility index (Phi) is 10.1. The van der Waals surface area contributed by atoms with Crippen LogP contribution in [0.5, 0.6) is 0 Å². The molecule has 1 heterocycles. The molecule has 2 atom stereocenters. The molecule has 38 heavy (non-hydrogen) atoms. The minimum atomic E-state index is -4.80. The molecular weight excluding hydrogens is 498 g/mol. The number of nitriles is 1. The molecule has 2 aliphatic rings. The van der Waals surface area contributed by atoms with E-state index in [1.807, 2.05) is 41.3 Å². The Morgan fingerprint density at radius 1 is 1.16 bits per heavy atom. The third-order valence-electron chi connectivity index (χ3n) is 7.40. The van der Waals surface area contributed by atoms with E-state index in [1.54, 1.807) is 43.1 Å². The maximum Gasteiger partial charge on any atom is 0.406 e. The molecule has 208 valence electrons. The van der Waals surface area contributed by atoms with Crippen molar-refractivity contribution in [1.82, 2.24) is 14.7 Å². The van der Waals surface area contributed by atoms with Crippen molar-refractivity contribution in [1.29, 1.82) is 5.26 Å². The zero-order valence-electron chi connectivity index (χ0n) is 21.9. The number of carbonyl (C=O) groups is 1. The molecule has 1 aliphatic carbocycles. The molecule has 2 N–H and O–H groups in total. The van der Waals surface area contributed by atoms with Gasteiger partial charge in [-0.05, 0) is 17.9 Å². The first-order valence-corrected chi connectivity index (χ1v) is 13.0. The van der Waals surface area contributed by atoms with Crippen LogP contribution in [0.3, 0.4) is 0 Å². The van der Waals surface area contributed by atoms with Gasteiger partial charge < -0.3 is 5.73 Å². The number of nitrogens with zero attached hydrogens (tertiary/aromatic N) is 4. The molecule has 1 fully saturated rings. The van der Waals surface area contributed by atoms with E-state index in [1.165, 1.54) is 0 Å². The fraction of sp³-hybridized carbons (Fsp3) is 0.571. The zero-order valence-corrected chi connectivity index (χ0v) is 21.9. The second-order valence-electron chi connectivity index (χ2n) is 10.4. The van der Waals surface area contributed by atoms with E-state index in [2.05, 4.69) is 0 Å². The van der Waals surface area contributed by atoms with Crippen molar-refractivity contribution in [3.63, 3.8) is 0 Å². The summed E-state index contributed by atoms with van der Waals surface area (Å²) in [5.41, 5.74) is 4.90. The summed E-state index contributed by atoms with van der Waals surface area (Å²) < 4.78 is 58.5. The van der Waals surface area contributed by atoms with Crippen LogP contribution in [0.4, 0.5) is 17.6 Å². The molecule has 1 unspecified atom stereocenters. The number of carbonyl (C=O) groups excluding carboxylic acids is 1. The van der Waals surface area contributed by atoms with Gasteiger partial charge in [0.15, 0.2) is 0 Å². The quantitative estimate of drug-likeness (QED) is 0.265. The molecule has 1 aromatic rings. The van der Waals surface area contributed by atoms with Crippen molar-refractivity contribution < 1.29 is 22.4 Å². The third kappa shape index (κ3) is 6.82. The van der Waals surface area contributed by atoms with Gasteiger partial charge in [0.25, 0.3) is 0 Å². The predicted octanol–water partition coefficient (Wildman–Crippen LogP) is 3.88. The normalized spacial score (nSPS) is 24.4. The highest BCUT2D eigenvalue weighted by molar-refractivity contribution is 5.80. The predicted molar refractivity (Wildman–Crippen MR) is 139 cm³/mol. The van der Waals surface area contributed by atoms with E-state index >= 15 is 13.2 Å². The summed E-state index contributed by atoms with van der Waals surface area (Å²) >= 11 is 0. The van der Waals surface area contributed by atoms with Crippen LogP contribution in [0.2, 0.25) is 0 Å². The smallest absolute Gasteiger partial charge is 0.368 e. The maximum absolute atomic E-state index is 15.2. The molecule has 0 bridgehead atoms. The lowest BCUT2D eigenvalue weighted by molar-refractivity contribution is -0.213. The summed E-state index contributed by atoms with van der Waals surface area (Å²) in [6.45, 7) is 4.03. The molecule has 1 amide bonds. The topological polar surface area (TPSA) is 76.6 Å². The van der Waals surface area contributed by atoms with Crippen molar-refractivity contribution in [3.05, 3.63) is 60.2 Å². The van der Waals surface area contributed by atoms with E-state index in [9.17, 15) is 14.4 Å². The minimum absolute atomic E-state index is 0.0873. The largest absolute Gasteiger partial charge is 0.406 e. The van der Waals surface area contributed by atoms with Crippen molar-refractivity contribution in [2.75, 3.05) is 45.9 Å². The van der Waals surface area contributed by atoms with Gasteiger partial charge in [0.1, 0.15) is 12.7 Å². The van der Waals surface area contributed by atoms with Gasteiger partial charge in [-0.1, -0.05) is 68.5 Å². The molecule has 1 aliphatic heterocycles. The molecule has 1 saturated heterocycles. The maximum atomic E-state index is 15.2. The fourth-order valence-corrected chi connectivity index (χ4v) is 5.62. The highest BCUT2D eigenvalue weighted by atomic mass is 19.4. The van der Waals surface area contributed by atoms with Gasteiger partial charge in [0, 0.05) is 38.6 Å². The van der Waals surface area contributed by atoms with Gasteiger partial charge in [-0.25, -0.2) is 4.39 Å². The van der Waals surface area contributed by atoms with Crippen molar-refractivity contribution >= 4 is 5.91 Å². The van der Waals surface area contributed by atoms with Crippen LogP contribution in [-0.4, -0.2) is 90.3 Å². The average Bonchev–Trinajstić information content (AvgIpc) is 2.87. The molecule has 0 spiro atoms. The zero-order chi connectivity index (χ0) is 27.9. The Bertz CT molecular complexity index is 998. The number of halogens is 4. The summed E-state index contributed by atoms with van der Waals surface area (Å²) in [5.74, 6) is -1.24. The van der Waals surface area contributed by atoms with Crippen molar-refractivity contribution in [3.8, 4) is 6.07 Å². The van der Waals surface area contributed by atoms with E-state index in [-0.39, 0.29) is 37.9 Å². The van der Waals surface area contributed by atoms with Gasteiger partial charge in [-0.2, -0.15) is 18.4 Å². The number of piperazine rings is 1. The summed E-state index contributed by atoms with van der Waals surface area (Å²) in [7, 11) is 0. The summed E-state index contributed by atoms with van der Waals surface area (Å²) in [5, 5.41) is 9.59. The van der Waals surface area contributed by atoms with Crippen LogP contribution in [0.15, 0.2) is 54.6 Å². The second kappa shape index (κ2) is 12.9. The minimum Gasteiger partial charge on any atom is -0.368 e. The highest BCUT2D eigenvalue weighted by Gasteiger charge is 2.59. The number of rotatable bonds is 11.